The maximum Gasteiger partial charge on any atom is 0.295 e. The first-order chi connectivity index (χ1) is 17.6. The molecule has 3 heterocycles. The zero-order chi connectivity index (χ0) is 26.9. The number of aryl methyl sites for hydroxylation is 1. The van der Waals surface area contributed by atoms with Gasteiger partial charge in [-0.15, -0.1) is 0 Å². The molecule has 0 spiro atoms. The molecule has 1 saturated heterocycles. The lowest BCUT2D eigenvalue weighted by Crippen LogP contribution is -2.33. The van der Waals surface area contributed by atoms with Crippen molar-refractivity contribution >= 4 is 23.1 Å². The van der Waals surface area contributed by atoms with Crippen LogP contribution in [-0.4, -0.2) is 62.2 Å². The van der Waals surface area contributed by atoms with Crippen LogP contribution >= 0.6 is 0 Å². The fourth-order valence-electron chi connectivity index (χ4n) is 5.15. The Morgan fingerprint density at radius 3 is 2.35 bits per heavy atom. The monoisotopic (exact) mass is 502 g/mol. The van der Waals surface area contributed by atoms with Gasteiger partial charge in [0.05, 0.1) is 17.3 Å². The minimum absolute atomic E-state index is 0.0300. The van der Waals surface area contributed by atoms with E-state index in [4.69, 9.17) is 0 Å². The first-order valence-electron chi connectivity index (χ1n) is 13.1. The lowest BCUT2D eigenvalue weighted by Gasteiger charge is -2.27. The van der Waals surface area contributed by atoms with E-state index < -0.39 is 17.7 Å². The number of nitrogens with zero attached hydrogens (tertiary/aromatic N) is 4. The van der Waals surface area contributed by atoms with Crippen LogP contribution in [0.15, 0.2) is 54.2 Å². The highest BCUT2D eigenvalue weighted by Crippen LogP contribution is 2.40. The highest BCUT2D eigenvalue weighted by Gasteiger charge is 2.46. The Hall–Kier alpha value is -3.45. The molecule has 0 bridgehead atoms. The van der Waals surface area contributed by atoms with Crippen LogP contribution in [0, 0.1) is 6.92 Å². The second-order valence-corrected chi connectivity index (χ2v) is 10.7. The van der Waals surface area contributed by atoms with Crippen molar-refractivity contribution in [3.63, 3.8) is 0 Å². The maximum atomic E-state index is 13.5. The smallest absolute Gasteiger partial charge is 0.295 e. The van der Waals surface area contributed by atoms with Crippen molar-refractivity contribution in [2.75, 3.05) is 26.2 Å². The molecule has 7 nitrogen and oxygen atoms in total. The number of fused-ring (bicyclic) bond motifs is 1. The van der Waals surface area contributed by atoms with Crippen molar-refractivity contribution in [2.24, 2.45) is 0 Å². The molecule has 196 valence electrons. The van der Waals surface area contributed by atoms with Gasteiger partial charge in [-0.25, -0.2) is 4.98 Å². The van der Waals surface area contributed by atoms with Crippen molar-refractivity contribution < 1.29 is 14.7 Å². The fourth-order valence-corrected chi connectivity index (χ4v) is 5.15. The Balaban J connectivity index is 1.82. The van der Waals surface area contributed by atoms with Crippen molar-refractivity contribution in [3.8, 4) is 0 Å². The second-order valence-electron chi connectivity index (χ2n) is 10.7. The van der Waals surface area contributed by atoms with Crippen molar-refractivity contribution in [3.05, 3.63) is 76.7 Å². The number of benzene rings is 1. The van der Waals surface area contributed by atoms with Gasteiger partial charge < -0.3 is 14.9 Å². The summed E-state index contributed by atoms with van der Waals surface area (Å²) in [4.78, 5) is 35.3. The Kier molecular flexibility index (Phi) is 7.55. The number of aliphatic hydroxyl groups excluding tert-OH is 1. The van der Waals surface area contributed by atoms with Crippen molar-refractivity contribution in [2.45, 2.75) is 59.4 Å². The Labute approximate surface area is 219 Å². The van der Waals surface area contributed by atoms with E-state index in [1.54, 1.807) is 22.4 Å². The average Bonchev–Trinajstić information content (AvgIpc) is 3.34. The molecule has 1 aliphatic heterocycles. The molecule has 7 heteroatoms. The number of amides is 1. The normalized spacial score (nSPS) is 17.9. The molecule has 0 unspecified atom stereocenters. The van der Waals surface area contributed by atoms with Gasteiger partial charge in [0.2, 0.25) is 0 Å². The molecule has 0 radical (unpaired) electrons. The highest BCUT2D eigenvalue weighted by atomic mass is 16.3. The molecule has 3 aromatic rings. The van der Waals surface area contributed by atoms with Crippen LogP contribution in [0.1, 0.15) is 69.6 Å². The number of aromatic nitrogens is 2. The predicted molar refractivity (Wildman–Crippen MR) is 146 cm³/mol. The van der Waals surface area contributed by atoms with Gasteiger partial charge >= 0.3 is 0 Å². The Morgan fingerprint density at radius 1 is 1.05 bits per heavy atom. The predicted octanol–water partition coefficient (Wildman–Crippen LogP) is 5.09. The molecule has 2 aromatic heterocycles. The van der Waals surface area contributed by atoms with Gasteiger partial charge in [0, 0.05) is 12.7 Å². The molecule has 37 heavy (non-hydrogen) atoms. The molecule has 0 saturated carbocycles. The Bertz CT molecular complexity index is 1330. The van der Waals surface area contributed by atoms with Crippen LogP contribution in [0.2, 0.25) is 0 Å². The largest absolute Gasteiger partial charge is 0.505 e. The maximum absolute atomic E-state index is 13.5. The summed E-state index contributed by atoms with van der Waals surface area (Å²) >= 11 is 0. The topological polar surface area (TPSA) is 78.2 Å². The molecule has 1 fully saturated rings. The number of likely N-dealkylation sites (tertiary alicyclic amines) is 1. The van der Waals surface area contributed by atoms with Gasteiger partial charge in [-0.05, 0) is 61.7 Å². The van der Waals surface area contributed by atoms with E-state index in [9.17, 15) is 14.7 Å². The van der Waals surface area contributed by atoms with Crippen molar-refractivity contribution in [1.82, 2.24) is 19.2 Å². The highest BCUT2D eigenvalue weighted by molar-refractivity contribution is 6.46. The van der Waals surface area contributed by atoms with Gasteiger partial charge in [0.25, 0.3) is 11.7 Å². The van der Waals surface area contributed by atoms with Crippen LogP contribution in [0.3, 0.4) is 0 Å². The number of ketones is 1. The van der Waals surface area contributed by atoms with Crippen LogP contribution in [0.4, 0.5) is 0 Å². The summed E-state index contributed by atoms with van der Waals surface area (Å²) in [6.45, 7) is 15.6. The summed E-state index contributed by atoms with van der Waals surface area (Å²) < 4.78 is 1.76. The van der Waals surface area contributed by atoms with Gasteiger partial charge in [-0.3, -0.25) is 14.0 Å². The third-order valence-electron chi connectivity index (χ3n) is 7.33. The SMILES string of the molecule is CCN(CC)CCCN1C(=O)C(=O)C(=C(O)c2c(C)nc3ccccn23)[C@@H]1c1ccc(C(C)(C)C)cc1. The number of Topliss-reactive ketones (excluding diaryl/α,β-unsaturated/α-hetero) is 1. The summed E-state index contributed by atoms with van der Waals surface area (Å²) in [5, 5.41) is 11.6. The quantitative estimate of drug-likeness (QED) is 0.264. The van der Waals surface area contributed by atoms with E-state index in [1.165, 1.54) is 0 Å². The number of pyridine rings is 1. The minimum atomic E-state index is -0.667. The van der Waals surface area contributed by atoms with E-state index in [0.717, 1.165) is 37.2 Å². The van der Waals surface area contributed by atoms with E-state index in [1.807, 2.05) is 42.5 Å². The zero-order valence-electron chi connectivity index (χ0n) is 22.8. The van der Waals surface area contributed by atoms with Crippen molar-refractivity contribution in [1.29, 1.82) is 0 Å². The molecule has 1 aliphatic rings. The summed E-state index contributed by atoms with van der Waals surface area (Å²) in [6, 6.07) is 12.9. The summed E-state index contributed by atoms with van der Waals surface area (Å²) in [7, 11) is 0. The lowest BCUT2D eigenvalue weighted by atomic mass is 9.85. The van der Waals surface area contributed by atoms with Gasteiger partial charge in [0.15, 0.2) is 5.76 Å². The molecular formula is C30H38N4O3. The first kappa shape index (κ1) is 26.6. The molecule has 0 aliphatic carbocycles. The average molecular weight is 503 g/mol. The summed E-state index contributed by atoms with van der Waals surface area (Å²) in [5.41, 5.74) is 3.76. The third-order valence-corrected chi connectivity index (χ3v) is 7.33. The van der Waals surface area contributed by atoms with E-state index >= 15 is 0 Å². The van der Waals surface area contributed by atoms with Gasteiger partial charge in [-0.1, -0.05) is 65.0 Å². The molecular weight excluding hydrogens is 464 g/mol. The second kappa shape index (κ2) is 10.5. The van der Waals surface area contributed by atoms with Crippen LogP contribution in [-0.2, 0) is 15.0 Å². The molecule has 1 aromatic carbocycles. The van der Waals surface area contributed by atoms with E-state index in [2.05, 4.69) is 44.5 Å². The van der Waals surface area contributed by atoms with E-state index in [-0.39, 0.29) is 16.7 Å². The number of carbonyl (C=O) groups is 2. The lowest BCUT2D eigenvalue weighted by molar-refractivity contribution is -0.140. The van der Waals surface area contributed by atoms with Gasteiger partial charge in [0.1, 0.15) is 11.3 Å². The standard InChI is InChI=1S/C30H38N4O3/c1-7-32(8-2)17-11-19-34-26(21-13-15-22(16-14-21)30(4,5)6)24(28(36)29(34)37)27(35)25-20(3)31-23-12-9-10-18-33(23)25/h9-10,12-16,18,26,35H,7-8,11,17,19H2,1-6H3/t26-/m0/s1. The molecule has 1 N–H and O–H groups in total. The molecule has 1 amide bonds. The van der Waals surface area contributed by atoms with Gasteiger partial charge in [-0.2, -0.15) is 0 Å². The van der Waals surface area contributed by atoms with Crippen LogP contribution in [0.5, 0.6) is 0 Å². The first-order valence-corrected chi connectivity index (χ1v) is 13.1. The summed E-state index contributed by atoms with van der Waals surface area (Å²) in [5.74, 6) is -1.42. The number of aliphatic hydroxyl groups is 1. The Morgan fingerprint density at radius 2 is 1.73 bits per heavy atom. The van der Waals surface area contributed by atoms with Crippen LogP contribution < -0.4 is 0 Å². The number of imidazole rings is 1. The summed E-state index contributed by atoms with van der Waals surface area (Å²) in [6.07, 6.45) is 2.54. The van der Waals surface area contributed by atoms with Crippen LogP contribution in [0.25, 0.3) is 11.4 Å². The number of rotatable bonds is 8. The number of hydrogen-bond donors (Lipinski definition) is 1. The minimum Gasteiger partial charge on any atom is -0.505 e. The molecule has 1 atom stereocenters. The fraction of sp³-hybridized carbons (Fsp3) is 0.433. The number of carbonyl (C=O) groups excluding carboxylic acids is 2. The third kappa shape index (κ3) is 5.05. The molecule has 4 rings (SSSR count). The number of hydrogen-bond acceptors (Lipinski definition) is 5. The van der Waals surface area contributed by atoms with E-state index in [0.29, 0.717) is 23.6 Å². The zero-order valence-corrected chi connectivity index (χ0v) is 22.8.